The molecule has 0 unspecified atom stereocenters. The van der Waals surface area contributed by atoms with Crippen LogP contribution in [-0.4, -0.2) is 34.9 Å². The standard InChI is InChI=1S/C20H18N6O2S/c21-29(27,28)17-9-15(11-22-12-17)14-4-5-18-19(10-14)26-20(13-25-18)24-8-6-16-3-1-2-7-23-16/h1-5,7,9-13H,6,8H2,(H,24,26)(H2,21,27,28). The third kappa shape index (κ3) is 4.53. The number of nitrogens with one attached hydrogen (secondary N) is 1. The maximum Gasteiger partial charge on any atom is 0.239 e. The van der Waals surface area contributed by atoms with Crippen LogP contribution in [0.2, 0.25) is 0 Å². The minimum absolute atomic E-state index is 0.0360. The van der Waals surface area contributed by atoms with Gasteiger partial charge in [-0.2, -0.15) is 0 Å². The van der Waals surface area contributed by atoms with Crippen molar-refractivity contribution < 1.29 is 8.42 Å². The van der Waals surface area contributed by atoms with Gasteiger partial charge in [0.2, 0.25) is 10.0 Å². The lowest BCUT2D eigenvalue weighted by Crippen LogP contribution is -2.12. The lowest BCUT2D eigenvalue weighted by atomic mass is 10.1. The molecule has 0 saturated carbocycles. The Balaban J connectivity index is 1.57. The van der Waals surface area contributed by atoms with Crippen molar-refractivity contribution in [3.05, 3.63) is 72.9 Å². The maximum absolute atomic E-state index is 11.6. The highest BCUT2D eigenvalue weighted by Gasteiger charge is 2.10. The molecule has 0 fully saturated rings. The quantitative estimate of drug-likeness (QED) is 0.504. The Morgan fingerprint density at radius 2 is 1.83 bits per heavy atom. The molecule has 0 radical (unpaired) electrons. The first-order valence-corrected chi connectivity index (χ1v) is 10.4. The summed E-state index contributed by atoms with van der Waals surface area (Å²) < 4.78 is 23.2. The van der Waals surface area contributed by atoms with E-state index in [0.717, 1.165) is 23.2 Å². The Hall–Kier alpha value is -3.43. The third-order valence-electron chi connectivity index (χ3n) is 4.33. The van der Waals surface area contributed by atoms with E-state index in [1.807, 2.05) is 36.4 Å². The van der Waals surface area contributed by atoms with Gasteiger partial charge >= 0.3 is 0 Å². The highest BCUT2D eigenvalue weighted by Crippen LogP contribution is 2.24. The van der Waals surface area contributed by atoms with Crippen LogP contribution in [0, 0.1) is 0 Å². The second-order valence-electron chi connectivity index (χ2n) is 6.41. The predicted molar refractivity (Wildman–Crippen MR) is 111 cm³/mol. The minimum Gasteiger partial charge on any atom is -0.368 e. The lowest BCUT2D eigenvalue weighted by molar-refractivity contribution is 0.597. The number of hydrogen-bond donors (Lipinski definition) is 2. The zero-order chi connectivity index (χ0) is 20.3. The SMILES string of the molecule is NS(=O)(=O)c1cncc(-c2ccc3ncc(NCCc4ccccn4)nc3c2)c1. The van der Waals surface area contributed by atoms with Crippen LogP contribution in [0.5, 0.6) is 0 Å². The zero-order valence-corrected chi connectivity index (χ0v) is 16.2. The van der Waals surface area contributed by atoms with Crippen LogP contribution in [0.15, 0.2) is 72.1 Å². The van der Waals surface area contributed by atoms with Crippen LogP contribution in [0.25, 0.3) is 22.2 Å². The first-order valence-electron chi connectivity index (χ1n) is 8.88. The van der Waals surface area contributed by atoms with Gasteiger partial charge in [-0.15, -0.1) is 0 Å². The summed E-state index contributed by atoms with van der Waals surface area (Å²) in [6.45, 7) is 0.678. The normalized spacial score (nSPS) is 11.5. The number of rotatable bonds is 6. The molecule has 3 aromatic heterocycles. The van der Waals surface area contributed by atoms with Gasteiger partial charge in [0.25, 0.3) is 0 Å². The summed E-state index contributed by atoms with van der Waals surface area (Å²) >= 11 is 0. The van der Waals surface area contributed by atoms with Gasteiger partial charge in [0.05, 0.1) is 17.2 Å². The van der Waals surface area contributed by atoms with E-state index in [1.54, 1.807) is 18.6 Å². The Labute approximate surface area is 167 Å². The van der Waals surface area contributed by atoms with E-state index in [0.29, 0.717) is 23.4 Å². The summed E-state index contributed by atoms with van der Waals surface area (Å²) in [5, 5.41) is 8.45. The van der Waals surface area contributed by atoms with Crippen LogP contribution in [0.4, 0.5) is 5.82 Å². The fourth-order valence-electron chi connectivity index (χ4n) is 2.87. The van der Waals surface area contributed by atoms with Crippen molar-refractivity contribution >= 4 is 26.9 Å². The predicted octanol–water partition coefficient (Wildman–Crippen LogP) is 2.39. The van der Waals surface area contributed by atoms with Crippen molar-refractivity contribution in [3.63, 3.8) is 0 Å². The molecule has 0 spiro atoms. The Morgan fingerprint density at radius 1 is 0.931 bits per heavy atom. The molecule has 0 aliphatic heterocycles. The number of nitrogens with zero attached hydrogens (tertiary/aromatic N) is 4. The molecular weight excluding hydrogens is 388 g/mol. The van der Waals surface area contributed by atoms with Gasteiger partial charge in [-0.05, 0) is 35.9 Å². The monoisotopic (exact) mass is 406 g/mol. The summed E-state index contributed by atoms with van der Waals surface area (Å²) in [5.74, 6) is 0.655. The van der Waals surface area contributed by atoms with Crippen LogP contribution in [0.3, 0.4) is 0 Å². The molecule has 0 saturated heterocycles. The Kier molecular flexibility index (Phi) is 5.15. The molecule has 4 rings (SSSR count). The second kappa shape index (κ2) is 7.90. The number of fused-ring (bicyclic) bond motifs is 1. The first-order chi connectivity index (χ1) is 14.0. The minimum atomic E-state index is -3.82. The average Bonchev–Trinajstić information content (AvgIpc) is 2.73. The molecule has 0 atom stereocenters. The van der Waals surface area contributed by atoms with E-state index in [9.17, 15) is 8.42 Å². The summed E-state index contributed by atoms with van der Waals surface area (Å²) in [6.07, 6.45) is 7.03. The number of nitrogens with two attached hydrogens (primary N) is 1. The van der Waals surface area contributed by atoms with Gasteiger partial charge < -0.3 is 5.32 Å². The van der Waals surface area contributed by atoms with Gasteiger partial charge in [0.1, 0.15) is 10.7 Å². The third-order valence-corrected chi connectivity index (χ3v) is 5.21. The van der Waals surface area contributed by atoms with Crippen LogP contribution in [-0.2, 0) is 16.4 Å². The van der Waals surface area contributed by atoms with Gasteiger partial charge in [-0.25, -0.2) is 18.5 Å². The molecule has 0 bridgehead atoms. The van der Waals surface area contributed by atoms with Crippen LogP contribution < -0.4 is 10.5 Å². The van der Waals surface area contributed by atoms with Gasteiger partial charge in [0, 0.05) is 42.8 Å². The average molecular weight is 406 g/mol. The number of anilines is 1. The maximum atomic E-state index is 11.6. The topological polar surface area (TPSA) is 124 Å². The van der Waals surface area contributed by atoms with Crippen molar-refractivity contribution in [2.45, 2.75) is 11.3 Å². The Morgan fingerprint density at radius 3 is 2.62 bits per heavy atom. The van der Waals surface area contributed by atoms with E-state index in [4.69, 9.17) is 5.14 Å². The molecule has 3 heterocycles. The largest absolute Gasteiger partial charge is 0.368 e. The van der Waals surface area contributed by atoms with Gasteiger partial charge in [-0.1, -0.05) is 12.1 Å². The molecule has 0 aliphatic carbocycles. The van der Waals surface area contributed by atoms with Gasteiger partial charge in [0.15, 0.2) is 0 Å². The molecule has 146 valence electrons. The number of aromatic nitrogens is 4. The summed E-state index contributed by atoms with van der Waals surface area (Å²) in [5.41, 5.74) is 3.83. The Bertz CT molecular complexity index is 1260. The fourth-order valence-corrected chi connectivity index (χ4v) is 3.37. The van der Waals surface area contributed by atoms with Crippen molar-refractivity contribution in [2.75, 3.05) is 11.9 Å². The zero-order valence-electron chi connectivity index (χ0n) is 15.4. The molecule has 0 amide bonds. The number of hydrogen-bond acceptors (Lipinski definition) is 7. The van der Waals surface area contributed by atoms with Crippen LogP contribution in [0.1, 0.15) is 5.69 Å². The highest BCUT2D eigenvalue weighted by molar-refractivity contribution is 7.89. The molecule has 8 nitrogen and oxygen atoms in total. The van der Waals surface area contributed by atoms with E-state index < -0.39 is 10.0 Å². The lowest BCUT2D eigenvalue weighted by Gasteiger charge is -2.08. The fraction of sp³-hybridized carbons (Fsp3) is 0.100. The first kappa shape index (κ1) is 18.9. The van der Waals surface area contributed by atoms with Crippen molar-refractivity contribution in [1.29, 1.82) is 0 Å². The van der Waals surface area contributed by atoms with E-state index in [-0.39, 0.29) is 4.90 Å². The van der Waals surface area contributed by atoms with Gasteiger partial charge in [-0.3, -0.25) is 15.0 Å². The number of benzene rings is 1. The molecule has 3 N–H and O–H groups in total. The van der Waals surface area contributed by atoms with E-state index in [2.05, 4.69) is 25.3 Å². The number of pyridine rings is 2. The molecular formula is C20H18N6O2S. The summed E-state index contributed by atoms with van der Waals surface area (Å²) in [7, 11) is -3.82. The van der Waals surface area contributed by atoms with E-state index >= 15 is 0 Å². The van der Waals surface area contributed by atoms with E-state index in [1.165, 1.54) is 12.3 Å². The molecule has 4 aromatic rings. The molecule has 29 heavy (non-hydrogen) atoms. The molecule has 1 aromatic carbocycles. The molecule has 9 heteroatoms. The number of sulfonamides is 1. The van der Waals surface area contributed by atoms with Crippen LogP contribution >= 0.6 is 0 Å². The van der Waals surface area contributed by atoms with Crippen molar-refractivity contribution in [3.8, 4) is 11.1 Å². The smallest absolute Gasteiger partial charge is 0.239 e. The summed E-state index contributed by atoms with van der Waals surface area (Å²) in [6, 6.07) is 12.8. The second-order valence-corrected chi connectivity index (χ2v) is 7.97. The summed E-state index contributed by atoms with van der Waals surface area (Å²) in [4.78, 5) is 17.3. The molecule has 0 aliphatic rings. The highest BCUT2D eigenvalue weighted by atomic mass is 32.2. The van der Waals surface area contributed by atoms with Crippen molar-refractivity contribution in [2.24, 2.45) is 5.14 Å². The van der Waals surface area contributed by atoms with Crippen molar-refractivity contribution in [1.82, 2.24) is 19.9 Å². The number of primary sulfonamides is 1.